The van der Waals surface area contributed by atoms with E-state index in [0.29, 0.717) is 6.04 Å². The minimum absolute atomic E-state index is 0. The molecule has 2 nitrogen and oxygen atoms in total. The van der Waals surface area contributed by atoms with E-state index in [2.05, 4.69) is 39.1 Å². The Balaban J connectivity index is 0.00000220. The Kier molecular flexibility index (Phi) is 8.79. The van der Waals surface area contributed by atoms with Gasteiger partial charge in [0.1, 0.15) is 5.82 Å². The van der Waals surface area contributed by atoms with Crippen LogP contribution in [0.5, 0.6) is 0 Å². The molecule has 1 atom stereocenters. The van der Waals surface area contributed by atoms with Gasteiger partial charge in [-0.05, 0) is 30.2 Å². The van der Waals surface area contributed by atoms with E-state index in [-0.39, 0.29) is 18.2 Å². The summed E-state index contributed by atoms with van der Waals surface area (Å²) >= 11 is 3.42. The van der Waals surface area contributed by atoms with Gasteiger partial charge in [0.25, 0.3) is 0 Å². The summed E-state index contributed by atoms with van der Waals surface area (Å²) in [6.07, 6.45) is 4.79. The maximum Gasteiger partial charge on any atom is 0.124 e. The van der Waals surface area contributed by atoms with Crippen LogP contribution in [0.2, 0.25) is 0 Å². The Hall–Kier alpha value is -0.160. The molecular weight excluding hydrogens is 355 g/mol. The van der Waals surface area contributed by atoms with E-state index in [9.17, 15) is 4.39 Å². The van der Waals surface area contributed by atoms with Crippen molar-refractivity contribution >= 4 is 28.3 Å². The molecule has 1 aromatic carbocycles. The van der Waals surface area contributed by atoms with Gasteiger partial charge < -0.3 is 5.32 Å². The number of benzene rings is 1. The first-order valence-corrected chi connectivity index (χ1v) is 8.40. The number of nitrogens with zero attached hydrogens (tertiary/aromatic N) is 1. The molecule has 0 unspecified atom stereocenters. The van der Waals surface area contributed by atoms with E-state index in [4.69, 9.17) is 0 Å². The van der Waals surface area contributed by atoms with Crippen LogP contribution >= 0.6 is 28.3 Å². The summed E-state index contributed by atoms with van der Waals surface area (Å²) in [5.74, 6) is -0.148. The highest BCUT2D eigenvalue weighted by molar-refractivity contribution is 9.10. The Morgan fingerprint density at radius 3 is 2.57 bits per heavy atom. The lowest BCUT2D eigenvalue weighted by Crippen LogP contribution is -2.45. The normalized spacial score (nSPS) is 17.3. The van der Waals surface area contributed by atoms with Gasteiger partial charge in [0.15, 0.2) is 0 Å². The van der Waals surface area contributed by atoms with Crippen molar-refractivity contribution in [2.75, 3.05) is 26.2 Å². The van der Waals surface area contributed by atoms with Crippen molar-refractivity contribution in [1.82, 2.24) is 10.2 Å². The molecule has 1 saturated heterocycles. The monoisotopic (exact) mass is 378 g/mol. The lowest BCUT2D eigenvalue weighted by atomic mass is 9.98. The second-order valence-corrected chi connectivity index (χ2v) is 6.42. The average molecular weight is 380 g/mol. The molecular formula is C16H25BrClFN2. The van der Waals surface area contributed by atoms with Crippen molar-refractivity contribution in [3.8, 4) is 0 Å². The van der Waals surface area contributed by atoms with Gasteiger partial charge in [0.05, 0.1) is 0 Å². The summed E-state index contributed by atoms with van der Waals surface area (Å²) in [6, 6.07) is 5.64. The molecule has 0 radical (unpaired) electrons. The van der Waals surface area contributed by atoms with Crippen LogP contribution in [0.15, 0.2) is 22.7 Å². The van der Waals surface area contributed by atoms with E-state index in [1.807, 2.05) is 0 Å². The number of nitrogens with one attached hydrogen (secondary N) is 1. The van der Waals surface area contributed by atoms with Crippen molar-refractivity contribution in [2.24, 2.45) is 0 Å². The molecule has 120 valence electrons. The molecule has 1 aromatic rings. The average Bonchev–Trinajstić information content (AvgIpc) is 2.43. The second kappa shape index (κ2) is 9.78. The van der Waals surface area contributed by atoms with E-state index >= 15 is 0 Å². The Bertz CT molecular complexity index is 404. The number of rotatable bonds is 6. The highest BCUT2D eigenvalue weighted by atomic mass is 79.9. The first-order chi connectivity index (χ1) is 9.70. The van der Waals surface area contributed by atoms with Crippen LogP contribution in [0, 0.1) is 5.82 Å². The number of unbranched alkanes of at least 4 members (excludes halogenated alkanes) is 2. The van der Waals surface area contributed by atoms with Gasteiger partial charge in [0, 0.05) is 36.7 Å². The summed E-state index contributed by atoms with van der Waals surface area (Å²) in [5, 5.41) is 3.39. The maximum atomic E-state index is 13.7. The largest absolute Gasteiger partial charge is 0.314 e. The summed E-state index contributed by atoms with van der Waals surface area (Å²) in [7, 11) is 0. The molecule has 5 heteroatoms. The van der Waals surface area contributed by atoms with Crippen LogP contribution in [0.3, 0.4) is 0 Å². The van der Waals surface area contributed by atoms with Crippen molar-refractivity contribution in [3.05, 3.63) is 34.1 Å². The Labute approximate surface area is 142 Å². The van der Waals surface area contributed by atoms with Gasteiger partial charge in [-0.15, -0.1) is 12.4 Å². The lowest BCUT2D eigenvalue weighted by molar-refractivity contribution is 0.162. The number of hydrogen-bond acceptors (Lipinski definition) is 2. The molecule has 0 aromatic heterocycles. The molecule has 0 saturated carbocycles. The quantitative estimate of drug-likeness (QED) is 0.730. The fourth-order valence-corrected chi connectivity index (χ4v) is 3.39. The van der Waals surface area contributed by atoms with Gasteiger partial charge in [0.2, 0.25) is 0 Å². The predicted molar refractivity (Wildman–Crippen MR) is 92.7 cm³/mol. The summed E-state index contributed by atoms with van der Waals surface area (Å²) < 4.78 is 14.5. The topological polar surface area (TPSA) is 15.3 Å². The maximum absolute atomic E-state index is 13.7. The number of halogens is 3. The van der Waals surface area contributed by atoms with Gasteiger partial charge in [-0.25, -0.2) is 4.39 Å². The fourth-order valence-electron chi connectivity index (χ4n) is 2.91. The Morgan fingerprint density at radius 1 is 1.24 bits per heavy atom. The summed E-state index contributed by atoms with van der Waals surface area (Å²) in [4.78, 5) is 2.49. The van der Waals surface area contributed by atoms with Crippen LogP contribution < -0.4 is 5.32 Å². The van der Waals surface area contributed by atoms with Gasteiger partial charge >= 0.3 is 0 Å². The van der Waals surface area contributed by atoms with Crippen molar-refractivity contribution in [3.63, 3.8) is 0 Å². The molecule has 1 aliphatic rings. The van der Waals surface area contributed by atoms with Crippen LogP contribution in [0.25, 0.3) is 0 Å². The van der Waals surface area contributed by atoms with E-state index in [1.54, 1.807) is 6.07 Å². The van der Waals surface area contributed by atoms with Crippen LogP contribution in [-0.2, 0) is 0 Å². The molecule has 2 rings (SSSR count). The summed E-state index contributed by atoms with van der Waals surface area (Å²) in [5.41, 5.74) is 1.11. The van der Waals surface area contributed by atoms with Crippen LogP contribution in [-0.4, -0.2) is 31.1 Å². The number of piperazine rings is 1. The summed E-state index contributed by atoms with van der Waals surface area (Å²) in [6.45, 7) is 6.37. The fraction of sp³-hybridized carbons (Fsp3) is 0.625. The molecule has 0 aliphatic carbocycles. The smallest absolute Gasteiger partial charge is 0.124 e. The van der Waals surface area contributed by atoms with Crippen molar-refractivity contribution in [1.29, 1.82) is 0 Å². The van der Waals surface area contributed by atoms with Gasteiger partial charge in [-0.3, -0.25) is 4.90 Å². The Morgan fingerprint density at radius 2 is 1.95 bits per heavy atom. The zero-order valence-corrected chi connectivity index (χ0v) is 15.0. The molecule has 1 heterocycles. The third-order valence-corrected chi connectivity index (χ3v) is 4.40. The molecule has 0 bridgehead atoms. The molecule has 1 aliphatic heterocycles. The standard InChI is InChI=1S/C16H24BrFN2.ClH/c1-2-3-4-5-16(20-8-6-19-7-9-20)13-10-14(17)12-15(18)11-13;/h10-12,16,19H,2-9H2,1H3;1H/t16-;/m0./s1. The van der Waals surface area contributed by atoms with Crippen molar-refractivity contribution < 1.29 is 4.39 Å². The van der Waals surface area contributed by atoms with Crippen molar-refractivity contribution in [2.45, 2.75) is 38.6 Å². The lowest BCUT2D eigenvalue weighted by Gasteiger charge is -2.35. The second-order valence-electron chi connectivity index (χ2n) is 5.50. The zero-order chi connectivity index (χ0) is 14.4. The van der Waals surface area contributed by atoms with Gasteiger partial charge in [-0.1, -0.05) is 42.1 Å². The highest BCUT2D eigenvalue weighted by Crippen LogP contribution is 2.29. The molecule has 1 fully saturated rings. The first-order valence-electron chi connectivity index (χ1n) is 7.61. The van der Waals surface area contributed by atoms with E-state index in [0.717, 1.165) is 42.6 Å². The molecule has 21 heavy (non-hydrogen) atoms. The molecule has 0 spiro atoms. The van der Waals surface area contributed by atoms with E-state index in [1.165, 1.54) is 25.3 Å². The third kappa shape index (κ3) is 5.85. The predicted octanol–water partition coefficient (Wildman–Crippen LogP) is 4.54. The van der Waals surface area contributed by atoms with Crippen LogP contribution in [0.1, 0.15) is 44.2 Å². The molecule has 0 amide bonds. The minimum atomic E-state index is -0.148. The molecule has 1 N–H and O–H groups in total. The first kappa shape index (κ1) is 18.9. The highest BCUT2D eigenvalue weighted by Gasteiger charge is 2.22. The van der Waals surface area contributed by atoms with Gasteiger partial charge in [-0.2, -0.15) is 0 Å². The van der Waals surface area contributed by atoms with E-state index < -0.39 is 0 Å². The number of hydrogen-bond donors (Lipinski definition) is 1. The SMILES string of the molecule is CCCCC[C@@H](c1cc(F)cc(Br)c1)N1CCNCC1.Cl. The van der Waals surface area contributed by atoms with Crippen LogP contribution in [0.4, 0.5) is 4.39 Å². The minimum Gasteiger partial charge on any atom is -0.314 e. The third-order valence-electron chi connectivity index (χ3n) is 3.94. The zero-order valence-electron chi connectivity index (χ0n) is 12.6.